The predicted molar refractivity (Wildman–Crippen MR) is 111 cm³/mol. The van der Waals surface area contributed by atoms with Gasteiger partial charge < -0.3 is 10.1 Å². The first-order chi connectivity index (χ1) is 13.4. The number of amides is 1. The Kier molecular flexibility index (Phi) is 5.86. The zero-order chi connectivity index (χ0) is 20.3. The van der Waals surface area contributed by atoms with E-state index >= 15 is 0 Å². The quantitative estimate of drug-likeness (QED) is 0.351. The minimum Gasteiger partial charge on any atom is -0.383 e. The molecule has 28 heavy (non-hydrogen) atoms. The second kappa shape index (κ2) is 8.32. The molecule has 0 aliphatic rings. The maximum Gasteiger partial charge on any atom is 0.293 e. The Bertz CT molecular complexity index is 1010. The first kappa shape index (κ1) is 19.7. The van der Waals surface area contributed by atoms with E-state index in [0.717, 1.165) is 21.3 Å². The molecule has 3 aromatic rings. The van der Waals surface area contributed by atoms with E-state index in [1.807, 2.05) is 26.0 Å². The lowest BCUT2D eigenvalue weighted by molar-refractivity contribution is -0.384. The highest BCUT2D eigenvalue weighted by atomic mass is 32.1. The number of aryl methyl sites for hydroxylation is 2. The standard InChI is InChI=1S/C19H20N4O4S/c1-11-4-5-12(2)17-16(11)21-19(28-17)22-18(24)13-6-7-14(20-8-9-27-3)15(10-13)23(25)26/h4-7,10,20H,8-9H2,1-3H3,(H,21,22,24). The van der Waals surface area contributed by atoms with E-state index in [-0.39, 0.29) is 11.3 Å². The number of carbonyl (C=O) groups is 1. The van der Waals surface area contributed by atoms with Crippen molar-refractivity contribution >= 4 is 44.0 Å². The number of nitro benzene ring substituents is 1. The summed E-state index contributed by atoms with van der Waals surface area (Å²) in [6.07, 6.45) is 0. The number of methoxy groups -OCH3 is 1. The maximum absolute atomic E-state index is 12.6. The van der Waals surface area contributed by atoms with E-state index in [1.165, 1.54) is 23.5 Å². The van der Waals surface area contributed by atoms with Gasteiger partial charge in [0, 0.05) is 25.3 Å². The molecule has 0 saturated carbocycles. The molecule has 9 heteroatoms. The Morgan fingerprint density at radius 3 is 2.68 bits per heavy atom. The van der Waals surface area contributed by atoms with Gasteiger partial charge in [0.1, 0.15) is 5.69 Å². The van der Waals surface area contributed by atoms with Gasteiger partial charge in [-0.2, -0.15) is 0 Å². The van der Waals surface area contributed by atoms with E-state index in [4.69, 9.17) is 4.74 Å². The summed E-state index contributed by atoms with van der Waals surface area (Å²) in [6.45, 7) is 4.79. The molecule has 0 atom stereocenters. The van der Waals surface area contributed by atoms with Crippen LogP contribution >= 0.6 is 11.3 Å². The van der Waals surface area contributed by atoms with E-state index < -0.39 is 10.8 Å². The van der Waals surface area contributed by atoms with Crippen LogP contribution in [0.3, 0.4) is 0 Å². The largest absolute Gasteiger partial charge is 0.383 e. The number of nitrogens with one attached hydrogen (secondary N) is 2. The van der Waals surface area contributed by atoms with Crippen molar-refractivity contribution in [3.8, 4) is 0 Å². The third kappa shape index (κ3) is 4.10. The van der Waals surface area contributed by atoms with Crippen LogP contribution in [0.15, 0.2) is 30.3 Å². The average molecular weight is 400 g/mol. The van der Waals surface area contributed by atoms with Gasteiger partial charge in [0.05, 0.1) is 21.7 Å². The van der Waals surface area contributed by atoms with Crippen LogP contribution < -0.4 is 10.6 Å². The minimum atomic E-state index is -0.518. The van der Waals surface area contributed by atoms with Crippen molar-refractivity contribution < 1.29 is 14.5 Å². The summed E-state index contributed by atoms with van der Waals surface area (Å²) in [7, 11) is 1.55. The van der Waals surface area contributed by atoms with Gasteiger partial charge in [-0.05, 0) is 37.1 Å². The zero-order valence-electron chi connectivity index (χ0n) is 15.7. The van der Waals surface area contributed by atoms with Crippen molar-refractivity contribution in [3.05, 3.63) is 57.1 Å². The van der Waals surface area contributed by atoms with Gasteiger partial charge in [-0.25, -0.2) is 4.98 Å². The van der Waals surface area contributed by atoms with Crippen LogP contribution in [0.4, 0.5) is 16.5 Å². The number of carbonyl (C=O) groups excluding carboxylic acids is 1. The number of nitrogens with zero attached hydrogens (tertiary/aromatic N) is 2. The topological polar surface area (TPSA) is 106 Å². The van der Waals surface area contributed by atoms with Crippen LogP contribution in [0.25, 0.3) is 10.2 Å². The summed E-state index contributed by atoms with van der Waals surface area (Å²) in [4.78, 5) is 27.9. The highest BCUT2D eigenvalue weighted by molar-refractivity contribution is 7.22. The van der Waals surface area contributed by atoms with Crippen LogP contribution in [0.2, 0.25) is 0 Å². The van der Waals surface area contributed by atoms with E-state index in [0.29, 0.717) is 24.0 Å². The first-order valence-electron chi connectivity index (χ1n) is 8.60. The molecule has 3 rings (SSSR count). The highest BCUT2D eigenvalue weighted by Crippen LogP contribution is 2.31. The number of benzene rings is 2. The number of anilines is 2. The van der Waals surface area contributed by atoms with E-state index in [9.17, 15) is 14.9 Å². The second-order valence-electron chi connectivity index (χ2n) is 6.26. The molecule has 0 fully saturated rings. The smallest absolute Gasteiger partial charge is 0.293 e. The molecule has 0 saturated heterocycles. The average Bonchev–Trinajstić information content (AvgIpc) is 3.10. The lowest BCUT2D eigenvalue weighted by Crippen LogP contribution is -2.13. The Balaban J connectivity index is 1.84. The zero-order valence-corrected chi connectivity index (χ0v) is 16.6. The molecule has 1 heterocycles. The molecule has 1 amide bonds. The van der Waals surface area contributed by atoms with Crippen LogP contribution in [-0.2, 0) is 4.74 Å². The Morgan fingerprint density at radius 2 is 2.00 bits per heavy atom. The van der Waals surface area contributed by atoms with E-state index in [1.54, 1.807) is 13.2 Å². The van der Waals surface area contributed by atoms with Gasteiger partial charge in [0.2, 0.25) is 0 Å². The molecule has 0 spiro atoms. The number of fused-ring (bicyclic) bond motifs is 1. The molecule has 0 aliphatic carbocycles. The molecule has 1 aromatic heterocycles. The fraction of sp³-hybridized carbons (Fsp3) is 0.263. The summed E-state index contributed by atoms with van der Waals surface area (Å²) < 4.78 is 5.94. The Morgan fingerprint density at radius 1 is 1.25 bits per heavy atom. The lowest BCUT2D eigenvalue weighted by atomic mass is 10.1. The molecule has 2 N–H and O–H groups in total. The summed E-state index contributed by atoms with van der Waals surface area (Å²) in [5, 5.41) is 17.5. The third-order valence-electron chi connectivity index (χ3n) is 4.24. The highest BCUT2D eigenvalue weighted by Gasteiger charge is 2.19. The van der Waals surface area contributed by atoms with Crippen molar-refractivity contribution in [1.29, 1.82) is 0 Å². The fourth-order valence-corrected chi connectivity index (χ4v) is 3.75. The van der Waals surface area contributed by atoms with Crippen LogP contribution in [0.5, 0.6) is 0 Å². The number of nitro groups is 1. The molecule has 0 unspecified atom stereocenters. The van der Waals surface area contributed by atoms with Gasteiger partial charge in [0.15, 0.2) is 5.13 Å². The Labute approximate surface area is 165 Å². The number of ether oxygens (including phenoxy) is 1. The maximum atomic E-state index is 12.6. The van der Waals surface area contributed by atoms with Crippen molar-refractivity contribution in [3.63, 3.8) is 0 Å². The van der Waals surface area contributed by atoms with Gasteiger partial charge in [-0.3, -0.25) is 20.2 Å². The van der Waals surface area contributed by atoms with Crippen molar-refractivity contribution in [2.75, 3.05) is 30.9 Å². The molecule has 8 nitrogen and oxygen atoms in total. The molecule has 0 radical (unpaired) electrons. The Hall–Kier alpha value is -3.04. The normalized spacial score (nSPS) is 10.8. The molecular formula is C19H20N4O4S. The third-order valence-corrected chi connectivity index (χ3v) is 5.35. The van der Waals surface area contributed by atoms with Gasteiger partial charge in [-0.15, -0.1) is 0 Å². The number of hydrogen-bond donors (Lipinski definition) is 2. The summed E-state index contributed by atoms with van der Waals surface area (Å²) >= 11 is 1.39. The molecule has 146 valence electrons. The molecule has 2 aromatic carbocycles. The van der Waals surface area contributed by atoms with Crippen molar-refractivity contribution in [1.82, 2.24) is 4.98 Å². The predicted octanol–water partition coefficient (Wildman–Crippen LogP) is 4.13. The number of thiazole rings is 1. The van der Waals surface area contributed by atoms with Crippen LogP contribution in [0.1, 0.15) is 21.5 Å². The summed E-state index contributed by atoms with van der Waals surface area (Å²) in [5.74, 6) is -0.444. The SMILES string of the molecule is COCCNc1ccc(C(=O)Nc2nc3c(C)ccc(C)c3s2)cc1[N+](=O)[O-]. The van der Waals surface area contributed by atoms with Gasteiger partial charge in [-0.1, -0.05) is 23.5 Å². The lowest BCUT2D eigenvalue weighted by Gasteiger charge is -2.08. The van der Waals surface area contributed by atoms with Gasteiger partial charge >= 0.3 is 0 Å². The van der Waals surface area contributed by atoms with Crippen molar-refractivity contribution in [2.24, 2.45) is 0 Å². The van der Waals surface area contributed by atoms with Crippen LogP contribution in [-0.4, -0.2) is 36.1 Å². The van der Waals surface area contributed by atoms with Gasteiger partial charge in [0.25, 0.3) is 11.6 Å². The minimum absolute atomic E-state index is 0.167. The van der Waals surface area contributed by atoms with Crippen LogP contribution in [0, 0.1) is 24.0 Å². The molecular weight excluding hydrogens is 380 g/mol. The van der Waals surface area contributed by atoms with Crippen molar-refractivity contribution in [2.45, 2.75) is 13.8 Å². The monoisotopic (exact) mass is 400 g/mol. The molecule has 0 bridgehead atoms. The summed E-state index contributed by atoms with van der Waals surface area (Å²) in [5.41, 5.74) is 3.32. The number of hydrogen-bond acceptors (Lipinski definition) is 7. The fourth-order valence-electron chi connectivity index (χ4n) is 2.74. The number of rotatable bonds is 7. The number of aromatic nitrogens is 1. The first-order valence-corrected chi connectivity index (χ1v) is 9.41. The summed E-state index contributed by atoms with van der Waals surface area (Å²) in [6, 6.07) is 8.33. The second-order valence-corrected chi connectivity index (χ2v) is 7.26. The molecule has 0 aliphatic heterocycles. The van der Waals surface area contributed by atoms with E-state index in [2.05, 4.69) is 15.6 Å².